The molecular formula is C16H28O3S4. The summed E-state index contributed by atoms with van der Waals surface area (Å²) in [7, 11) is 7.82. The van der Waals surface area contributed by atoms with Gasteiger partial charge in [-0.1, -0.05) is 62.4 Å². The predicted molar refractivity (Wildman–Crippen MR) is 106 cm³/mol. The van der Waals surface area contributed by atoms with Gasteiger partial charge in [0.05, 0.1) is 12.0 Å². The van der Waals surface area contributed by atoms with Crippen molar-refractivity contribution in [3.05, 3.63) is 0 Å². The molecule has 4 atom stereocenters. The van der Waals surface area contributed by atoms with Crippen LogP contribution in [0.15, 0.2) is 0 Å². The fourth-order valence-corrected chi connectivity index (χ4v) is 9.16. The molecule has 0 radical (unpaired) electrons. The van der Waals surface area contributed by atoms with Crippen molar-refractivity contribution in [2.75, 3.05) is 11.5 Å². The first-order valence-electron chi connectivity index (χ1n) is 8.64. The molecular weight excluding hydrogens is 368 g/mol. The van der Waals surface area contributed by atoms with Gasteiger partial charge in [-0.3, -0.25) is 4.79 Å². The highest BCUT2D eigenvalue weighted by Crippen LogP contribution is 2.41. The number of rotatable bonds is 11. The van der Waals surface area contributed by atoms with E-state index in [0.29, 0.717) is 18.1 Å². The first-order chi connectivity index (χ1) is 11.2. The second-order valence-electron chi connectivity index (χ2n) is 6.39. The van der Waals surface area contributed by atoms with E-state index in [1.165, 1.54) is 30.8 Å². The zero-order valence-electron chi connectivity index (χ0n) is 13.5. The molecule has 2 rings (SSSR count). The lowest BCUT2D eigenvalue weighted by Crippen LogP contribution is -2.28. The Balaban J connectivity index is 1.59. The Morgan fingerprint density at radius 1 is 0.957 bits per heavy atom. The van der Waals surface area contributed by atoms with Gasteiger partial charge in [-0.15, -0.1) is 0 Å². The average Bonchev–Trinajstić information content (AvgIpc) is 3.20. The lowest BCUT2D eigenvalue weighted by atomic mass is 9.91. The quantitative estimate of drug-likeness (QED) is 0.373. The third-order valence-electron chi connectivity index (χ3n) is 4.55. The van der Waals surface area contributed by atoms with Gasteiger partial charge in [-0.05, 0) is 38.5 Å². The van der Waals surface area contributed by atoms with Crippen molar-refractivity contribution in [1.29, 1.82) is 0 Å². The number of hydrogen-bond acceptors (Lipinski definition) is 6. The molecule has 0 aliphatic carbocycles. The molecule has 0 aromatic rings. The van der Waals surface area contributed by atoms with Gasteiger partial charge >= 0.3 is 5.97 Å². The van der Waals surface area contributed by atoms with Gasteiger partial charge in [-0.25, -0.2) is 0 Å². The number of carboxylic acid groups (broad SMARTS) is 1. The van der Waals surface area contributed by atoms with E-state index in [1.807, 2.05) is 43.2 Å². The van der Waals surface area contributed by atoms with Gasteiger partial charge in [0.25, 0.3) is 0 Å². The molecule has 2 aliphatic rings. The molecule has 23 heavy (non-hydrogen) atoms. The molecule has 2 saturated heterocycles. The summed E-state index contributed by atoms with van der Waals surface area (Å²) in [4.78, 5) is 11.4. The summed E-state index contributed by atoms with van der Waals surface area (Å²) in [5.74, 6) is 1.08. The molecule has 7 heteroatoms. The summed E-state index contributed by atoms with van der Waals surface area (Å²) in [6.07, 6.45) is 8.39. The number of carboxylic acids is 1. The molecule has 2 fully saturated rings. The molecule has 134 valence electrons. The maximum atomic E-state index is 11.4. The Bertz CT molecular complexity index is 344. The van der Waals surface area contributed by atoms with E-state index < -0.39 is 18.0 Å². The van der Waals surface area contributed by atoms with E-state index in [2.05, 4.69) is 0 Å². The van der Waals surface area contributed by atoms with Gasteiger partial charge in [0.2, 0.25) is 0 Å². The lowest BCUT2D eigenvalue weighted by molar-refractivity contribution is -0.146. The summed E-state index contributed by atoms with van der Waals surface area (Å²) < 4.78 is 0. The molecule has 0 aromatic carbocycles. The maximum absolute atomic E-state index is 11.4. The van der Waals surface area contributed by atoms with Crippen molar-refractivity contribution >= 4 is 49.1 Å². The van der Waals surface area contributed by atoms with Crippen molar-refractivity contribution in [2.24, 2.45) is 5.92 Å². The predicted octanol–water partition coefficient (Wildman–Crippen LogP) is 5.09. The Morgan fingerprint density at radius 3 is 2.09 bits per heavy atom. The van der Waals surface area contributed by atoms with Crippen molar-refractivity contribution in [3.8, 4) is 0 Å². The first kappa shape index (κ1) is 20.1. The molecule has 0 spiro atoms. The van der Waals surface area contributed by atoms with E-state index in [4.69, 9.17) is 0 Å². The van der Waals surface area contributed by atoms with Gasteiger partial charge in [0, 0.05) is 22.0 Å². The van der Waals surface area contributed by atoms with Crippen LogP contribution in [0.1, 0.15) is 57.8 Å². The van der Waals surface area contributed by atoms with Crippen LogP contribution in [0.2, 0.25) is 0 Å². The third kappa shape index (κ3) is 7.72. The maximum Gasteiger partial charge on any atom is 0.309 e. The van der Waals surface area contributed by atoms with Crippen LogP contribution in [-0.4, -0.2) is 44.3 Å². The number of aliphatic hydroxyl groups is 1. The summed E-state index contributed by atoms with van der Waals surface area (Å²) in [5.41, 5.74) is 0. The molecule has 0 aromatic heterocycles. The zero-order valence-corrected chi connectivity index (χ0v) is 16.8. The first-order valence-corrected chi connectivity index (χ1v) is 13.4. The number of carbonyl (C=O) groups is 1. The van der Waals surface area contributed by atoms with Crippen molar-refractivity contribution in [1.82, 2.24) is 0 Å². The van der Waals surface area contributed by atoms with Crippen LogP contribution in [0.5, 0.6) is 0 Å². The van der Waals surface area contributed by atoms with E-state index in [-0.39, 0.29) is 0 Å². The Morgan fingerprint density at radius 2 is 1.57 bits per heavy atom. The molecule has 4 unspecified atom stereocenters. The summed E-state index contributed by atoms with van der Waals surface area (Å²) in [6, 6.07) is 0. The highest BCUT2D eigenvalue weighted by molar-refractivity contribution is 8.77. The standard InChI is InChI=1S/C16H28O3S4/c17-15(7-2-1-4-12-8-10-20-22-12)14(16(18)19)6-3-5-13-9-11-21-23-13/h12-15,17H,1-11H2,(H,18,19). The second-order valence-corrected chi connectivity index (χ2v) is 12.0. The van der Waals surface area contributed by atoms with Crippen LogP contribution in [0.3, 0.4) is 0 Å². The van der Waals surface area contributed by atoms with E-state index in [0.717, 1.165) is 30.9 Å². The Kier molecular flexibility index (Phi) is 10.0. The Labute approximate surface area is 155 Å². The normalized spacial score (nSPS) is 27.2. The Hall–Kier alpha value is 0.830. The second kappa shape index (κ2) is 11.4. The van der Waals surface area contributed by atoms with Crippen LogP contribution in [0.4, 0.5) is 0 Å². The minimum atomic E-state index is -0.825. The zero-order chi connectivity index (χ0) is 16.5. The van der Waals surface area contributed by atoms with Gasteiger partial charge in [0.1, 0.15) is 0 Å². The number of aliphatic hydroxyl groups excluding tert-OH is 1. The molecule has 2 heterocycles. The molecule has 0 bridgehead atoms. The third-order valence-corrected chi connectivity index (χ3v) is 10.6. The number of hydrogen-bond donors (Lipinski definition) is 2. The fourth-order valence-electron chi connectivity index (χ4n) is 3.10. The highest BCUT2D eigenvalue weighted by atomic mass is 33.1. The SMILES string of the molecule is O=C(O)C(CCCC1CCSS1)C(O)CCCCC1CCSS1. The van der Waals surface area contributed by atoms with Gasteiger partial charge < -0.3 is 10.2 Å². The van der Waals surface area contributed by atoms with E-state index >= 15 is 0 Å². The molecule has 0 amide bonds. The minimum Gasteiger partial charge on any atom is -0.481 e. The monoisotopic (exact) mass is 396 g/mol. The fraction of sp³-hybridized carbons (Fsp3) is 0.938. The molecule has 2 N–H and O–H groups in total. The van der Waals surface area contributed by atoms with Crippen LogP contribution in [0.25, 0.3) is 0 Å². The van der Waals surface area contributed by atoms with Crippen LogP contribution >= 0.6 is 43.2 Å². The molecule has 0 saturated carbocycles. The van der Waals surface area contributed by atoms with Crippen LogP contribution < -0.4 is 0 Å². The van der Waals surface area contributed by atoms with Crippen LogP contribution in [-0.2, 0) is 4.79 Å². The van der Waals surface area contributed by atoms with Crippen molar-refractivity contribution < 1.29 is 15.0 Å². The van der Waals surface area contributed by atoms with Crippen molar-refractivity contribution in [3.63, 3.8) is 0 Å². The van der Waals surface area contributed by atoms with Gasteiger partial charge in [0.15, 0.2) is 0 Å². The van der Waals surface area contributed by atoms with Crippen molar-refractivity contribution in [2.45, 2.75) is 74.4 Å². The molecule has 3 nitrogen and oxygen atoms in total. The summed E-state index contributed by atoms with van der Waals surface area (Å²) in [6.45, 7) is 0. The lowest BCUT2D eigenvalue weighted by Gasteiger charge is -2.20. The van der Waals surface area contributed by atoms with Crippen LogP contribution in [0, 0.1) is 5.92 Å². The summed E-state index contributed by atoms with van der Waals surface area (Å²) >= 11 is 0. The largest absolute Gasteiger partial charge is 0.481 e. The average molecular weight is 397 g/mol. The highest BCUT2D eigenvalue weighted by Gasteiger charge is 2.27. The number of aliphatic carboxylic acids is 1. The topological polar surface area (TPSA) is 57.5 Å². The smallest absolute Gasteiger partial charge is 0.309 e. The number of unbranched alkanes of at least 4 members (excludes halogenated alkanes) is 1. The molecule has 2 aliphatic heterocycles. The minimum absolute atomic E-state index is 0.578. The van der Waals surface area contributed by atoms with E-state index in [9.17, 15) is 15.0 Å². The van der Waals surface area contributed by atoms with Gasteiger partial charge in [-0.2, -0.15) is 0 Å². The summed E-state index contributed by atoms with van der Waals surface area (Å²) in [5, 5.41) is 21.1. The van der Waals surface area contributed by atoms with E-state index in [1.54, 1.807) is 0 Å².